The highest BCUT2D eigenvalue weighted by Gasteiger charge is 2.60. The average Bonchev–Trinajstić information content (AvgIpc) is 3.10. The summed E-state index contributed by atoms with van der Waals surface area (Å²) >= 11 is 0. The van der Waals surface area contributed by atoms with Crippen molar-refractivity contribution in [1.29, 1.82) is 0 Å². The van der Waals surface area contributed by atoms with Gasteiger partial charge in [0, 0.05) is 17.2 Å². The van der Waals surface area contributed by atoms with E-state index in [9.17, 15) is 20.2 Å². The van der Waals surface area contributed by atoms with Crippen LogP contribution in [0.3, 0.4) is 0 Å². The number of nitro groups is 2. The topological polar surface area (TPSA) is 111 Å². The van der Waals surface area contributed by atoms with Gasteiger partial charge in [0.05, 0.1) is 15.9 Å². The lowest BCUT2D eigenvalue weighted by Crippen LogP contribution is -2.52. The number of nitrogens with zero attached hydrogens (tertiary/aromatic N) is 3. The zero-order valence-electron chi connectivity index (χ0n) is 19.5. The van der Waals surface area contributed by atoms with Gasteiger partial charge >= 0.3 is 5.69 Å². The first kappa shape index (κ1) is 22.7. The van der Waals surface area contributed by atoms with Crippen LogP contribution in [0.1, 0.15) is 79.1 Å². The molecule has 4 rings (SSSR count). The van der Waals surface area contributed by atoms with E-state index < -0.39 is 9.85 Å². The van der Waals surface area contributed by atoms with Gasteiger partial charge in [-0.15, -0.1) is 0 Å². The molecule has 1 aromatic carbocycles. The number of nitro benzene ring substituents is 2. The Morgan fingerprint density at radius 3 is 2.50 bits per heavy atom. The van der Waals surface area contributed by atoms with Crippen molar-refractivity contribution in [2.24, 2.45) is 33.2 Å². The molecule has 5 atom stereocenters. The van der Waals surface area contributed by atoms with Crippen LogP contribution < -0.4 is 5.43 Å². The fraction of sp³-hybridized carbons (Fsp3) is 0.708. The first-order valence-electron chi connectivity index (χ1n) is 11.8. The minimum Gasteiger partial charge on any atom is -0.272 e. The standard InChI is InChI=1S/C24H34N4O4/c1-5-22(2)12-13-23(3)16(15-22)10-11-24(4)20(23)8-9-21(24)26-25-18-7-6-17(27(29)30)14-19(18)28(31)32/h6-7,14,16,20,25H,5,8-13,15H2,1-4H3/b26-21+. The fourth-order valence-electron chi connectivity index (χ4n) is 7.04. The molecule has 8 nitrogen and oxygen atoms in total. The van der Waals surface area contributed by atoms with E-state index in [2.05, 4.69) is 38.2 Å². The number of hydrogen-bond acceptors (Lipinski definition) is 6. The lowest BCUT2D eigenvalue weighted by molar-refractivity contribution is -0.393. The van der Waals surface area contributed by atoms with Crippen molar-refractivity contribution in [1.82, 2.24) is 0 Å². The maximum absolute atomic E-state index is 11.5. The van der Waals surface area contributed by atoms with Crippen LogP contribution in [-0.4, -0.2) is 15.6 Å². The third kappa shape index (κ3) is 3.57. The number of rotatable bonds is 5. The SMILES string of the molecule is CCC1(C)CCC2(C)C(CCC3(C)/C(=N/Nc4ccc([N+](=O)[O-])cc4[N+](=O)[O-])CCC32)C1. The number of nitrogens with one attached hydrogen (secondary N) is 1. The van der Waals surface area contributed by atoms with E-state index in [1.165, 1.54) is 44.2 Å². The van der Waals surface area contributed by atoms with Gasteiger partial charge in [-0.25, -0.2) is 0 Å². The van der Waals surface area contributed by atoms with Crippen LogP contribution in [0.5, 0.6) is 0 Å². The molecule has 0 saturated heterocycles. The molecule has 0 heterocycles. The average molecular weight is 443 g/mol. The van der Waals surface area contributed by atoms with Crippen molar-refractivity contribution in [3.63, 3.8) is 0 Å². The largest absolute Gasteiger partial charge is 0.301 e. The van der Waals surface area contributed by atoms with Crippen LogP contribution in [0, 0.1) is 48.3 Å². The van der Waals surface area contributed by atoms with Crippen LogP contribution >= 0.6 is 0 Å². The molecule has 3 saturated carbocycles. The Balaban J connectivity index is 1.58. The van der Waals surface area contributed by atoms with Gasteiger partial charge in [-0.05, 0) is 73.7 Å². The Hall–Kier alpha value is -2.51. The molecule has 5 unspecified atom stereocenters. The van der Waals surface area contributed by atoms with Crippen LogP contribution in [-0.2, 0) is 0 Å². The molecule has 0 bridgehead atoms. The van der Waals surface area contributed by atoms with E-state index in [0.717, 1.165) is 37.0 Å². The van der Waals surface area contributed by atoms with E-state index in [1.807, 2.05) is 0 Å². The highest BCUT2D eigenvalue weighted by atomic mass is 16.6. The second-order valence-corrected chi connectivity index (χ2v) is 11.0. The first-order chi connectivity index (χ1) is 15.0. The van der Waals surface area contributed by atoms with Crippen LogP contribution in [0.25, 0.3) is 0 Å². The number of benzene rings is 1. The predicted octanol–water partition coefficient (Wildman–Crippen LogP) is 6.70. The number of hydrogen-bond donors (Lipinski definition) is 1. The van der Waals surface area contributed by atoms with Crippen LogP contribution in [0.4, 0.5) is 17.1 Å². The van der Waals surface area contributed by atoms with Crippen molar-refractivity contribution >= 4 is 22.8 Å². The summed E-state index contributed by atoms with van der Waals surface area (Å²) in [6.07, 6.45) is 9.39. The van der Waals surface area contributed by atoms with E-state index in [-0.39, 0.29) is 22.5 Å². The molecule has 1 aromatic rings. The molecule has 0 amide bonds. The molecule has 3 aliphatic rings. The van der Waals surface area contributed by atoms with Gasteiger partial charge < -0.3 is 0 Å². The van der Waals surface area contributed by atoms with E-state index >= 15 is 0 Å². The summed E-state index contributed by atoms with van der Waals surface area (Å²) in [7, 11) is 0. The molecule has 3 aliphatic carbocycles. The van der Waals surface area contributed by atoms with Crippen LogP contribution in [0.15, 0.2) is 23.3 Å². The molecular weight excluding hydrogens is 408 g/mol. The lowest BCUT2D eigenvalue weighted by Gasteiger charge is -2.59. The second kappa shape index (κ2) is 7.81. The summed E-state index contributed by atoms with van der Waals surface area (Å²) in [5.41, 5.74) is 4.31. The van der Waals surface area contributed by atoms with Gasteiger partial charge in [0.25, 0.3) is 5.69 Å². The highest BCUT2D eigenvalue weighted by Crippen LogP contribution is 2.66. The third-order valence-electron chi connectivity index (χ3n) is 9.40. The molecule has 174 valence electrons. The van der Waals surface area contributed by atoms with Gasteiger partial charge in [-0.1, -0.05) is 34.1 Å². The maximum Gasteiger partial charge on any atom is 0.301 e. The van der Waals surface area contributed by atoms with Crippen molar-refractivity contribution in [2.75, 3.05) is 5.43 Å². The summed E-state index contributed by atoms with van der Waals surface area (Å²) in [6, 6.07) is 3.63. The quantitative estimate of drug-likeness (QED) is 0.403. The van der Waals surface area contributed by atoms with Crippen LogP contribution in [0.2, 0.25) is 0 Å². The Labute approximate surface area is 189 Å². The summed E-state index contributed by atoms with van der Waals surface area (Å²) < 4.78 is 0. The minimum atomic E-state index is -0.627. The molecule has 8 heteroatoms. The molecule has 1 N–H and O–H groups in total. The third-order valence-corrected chi connectivity index (χ3v) is 9.40. The maximum atomic E-state index is 11.5. The molecule has 3 fully saturated rings. The van der Waals surface area contributed by atoms with E-state index in [4.69, 9.17) is 0 Å². The van der Waals surface area contributed by atoms with Gasteiger partial charge in [0.15, 0.2) is 0 Å². The molecule has 0 radical (unpaired) electrons. The van der Waals surface area contributed by atoms with Gasteiger partial charge in [0.2, 0.25) is 0 Å². The highest BCUT2D eigenvalue weighted by molar-refractivity contribution is 5.93. The summed E-state index contributed by atoms with van der Waals surface area (Å²) in [5, 5.41) is 27.1. The monoisotopic (exact) mass is 442 g/mol. The number of fused-ring (bicyclic) bond motifs is 3. The zero-order valence-corrected chi connectivity index (χ0v) is 19.5. The molecule has 0 aromatic heterocycles. The van der Waals surface area contributed by atoms with Gasteiger partial charge in [-0.3, -0.25) is 25.7 Å². The second-order valence-electron chi connectivity index (χ2n) is 11.0. The van der Waals surface area contributed by atoms with Crippen molar-refractivity contribution in [3.8, 4) is 0 Å². The smallest absolute Gasteiger partial charge is 0.272 e. The Morgan fingerprint density at radius 2 is 1.84 bits per heavy atom. The van der Waals surface area contributed by atoms with Crippen molar-refractivity contribution < 1.29 is 9.85 Å². The number of non-ortho nitro benzene ring substituents is 1. The Morgan fingerprint density at radius 1 is 1.09 bits per heavy atom. The normalized spacial score (nSPS) is 37.6. The Bertz CT molecular complexity index is 979. The summed E-state index contributed by atoms with van der Waals surface area (Å²) in [5.74, 6) is 1.32. The number of hydrazone groups is 1. The minimum absolute atomic E-state index is 0.00619. The predicted molar refractivity (Wildman–Crippen MR) is 125 cm³/mol. The zero-order chi connectivity index (χ0) is 23.3. The van der Waals surface area contributed by atoms with Crippen molar-refractivity contribution in [2.45, 2.75) is 79.1 Å². The fourth-order valence-corrected chi connectivity index (χ4v) is 7.04. The first-order valence-corrected chi connectivity index (χ1v) is 11.8. The number of anilines is 1. The lowest BCUT2D eigenvalue weighted by atomic mass is 9.46. The van der Waals surface area contributed by atoms with Gasteiger partial charge in [0.1, 0.15) is 5.69 Å². The Kier molecular flexibility index (Phi) is 5.54. The van der Waals surface area contributed by atoms with Crippen molar-refractivity contribution in [3.05, 3.63) is 38.4 Å². The van der Waals surface area contributed by atoms with Gasteiger partial charge in [-0.2, -0.15) is 5.10 Å². The molecule has 0 spiro atoms. The van der Waals surface area contributed by atoms with E-state index in [0.29, 0.717) is 16.7 Å². The molecular formula is C24H34N4O4. The molecule has 32 heavy (non-hydrogen) atoms. The summed E-state index contributed by atoms with van der Waals surface area (Å²) in [6.45, 7) is 9.58. The summed E-state index contributed by atoms with van der Waals surface area (Å²) in [4.78, 5) is 21.2. The molecule has 0 aliphatic heterocycles. The van der Waals surface area contributed by atoms with E-state index in [1.54, 1.807) is 0 Å².